The first kappa shape index (κ1) is 25.4. The number of nitrogens with zero attached hydrogens (tertiary/aromatic N) is 2. The van der Waals surface area contributed by atoms with E-state index in [4.69, 9.17) is 34.8 Å². The summed E-state index contributed by atoms with van der Waals surface area (Å²) in [6.07, 6.45) is 3.50. The van der Waals surface area contributed by atoms with Gasteiger partial charge in [0.2, 0.25) is 5.91 Å². The second-order valence-corrected chi connectivity index (χ2v) is 10.7. The van der Waals surface area contributed by atoms with Crippen molar-refractivity contribution in [2.75, 3.05) is 43.0 Å². The maximum Gasteiger partial charge on any atom is 0.225 e. The Hall–Kier alpha value is -1.66. The van der Waals surface area contributed by atoms with Gasteiger partial charge in [-0.15, -0.1) is 0 Å². The predicted octanol–water partition coefficient (Wildman–Crippen LogP) is 6.27. The van der Waals surface area contributed by atoms with Crippen LogP contribution in [0.15, 0.2) is 36.4 Å². The van der Waals surface area contributed by atoms with Crippen molar-refractivity contribution in [3.05, 3.63) is 57.0 Å². The van der Waals surface area contributed by atoms with Gasteiger partial charge in [-0.2, -0.15) is 0 Å². The van der Waals surface area contributed by atoms with Crippen LogP contribution in [-0.2, 0) is 4.79 Å². The summed E-state index contributed by atoms with van der Waals surface area (Å²) in [6.45, 7) is 5.48. The molecule has 2 saturated heterocycles. The Morgan fingerprint density at radius 3 is 2.35 bits per heavy atom. The number of piperidine rings is 2. The fraction of sp³-hybridized carbons (Fsp3) is 0.500. The Morgan fingerprint density at radius 1 is 1.00 bits per heavy atom. The van der Waals surface area contributed by atoms with Crippen LogP contribution in [0.3, 0.4) is 0 Å². The monoisotopic (exact) mass is 523 g/mol. The molecule has 2 fully saturated rings. The van der Waals surface area contributed by atoms with Gasteiger partial charge in [-0.3, -0.25) is 4.79 Å². The van der Waals surface area contributed by atoms with Gasteiger partial charge in [-0.1, -0.05) is 40.9 Å². The Bertz CT molecular complexity index is 1000. The van der Waals surface area contributed by atoms with Gasteiger partial charge < -0.3 is 20.2 Å². The number of likely N-dealkylation sites (tertiary alicyclic amines) is 1. The normalized spacial score (nSPS) is 18.7. The van der Waals surface area contributed by atoms with E-state index in [-0.39, 0.29) is 24.5 Å². The summed E-state index contributed by atoms with van der Waals surface area (Å²) >= 11 is 18.9. The third kappa shape index (κ3) is 5.93. The highest BCUT2D eigenvalue weighted by Crippen LogP contribution is 2.34. The molecule has 1 atom stereocenters. The number of amides is 1. The van der Waals surface area contributed by atoms with E-state index in [0.717, 1.165) is 68.8 Å². The average Bonchev–Trinajstić information content (AvgIpc) is 2.85. The number of carbonyl (C=O) groups excluding carboxylic acids is 1. The lowest BCUT2D eigenvalue weighted by Crippen LogP contribution is -2.45. The van der Waals surface area contributed by atoms with Crippen LogP contribution in [-0.4, -0.2) is 48.7 Å². The first-order chi connectivity index (χ1) is 16.4. The minimum atomic E-state index is -0.0455. The fourth-order valence-corrected chi connectivity index (χ4v) is 5.71. The summed E-state index contributed by atoms with van der Waals surface area (Å²) < 4.78 is 0. The predicted molar refractivity (Wildman–Crippen MR) is 141 cm³/mol. The molecule has 0 saturated carbocycles. The summed E-state index contributed by atoms with van der Waals surface area (Å²) in [5.41, 5.74) is 2.90. The molecule has 2 aromatic carbocycles. The molecule has 5 nitrogen and oxygen atoms in total. The Balaban J connectivity index is 1.36. The molecule has 0 bridgehead atoms. The zero-order valence-electron chi connectivity index (χ0n) is 19.4. The van der Waals surface area contributed by atoms with Crippen LogP contribution in [0.5, 0.6) is 0 Å². The summed E-state index contributed by atoms with van der Waals surface area (Å²) in [7, 11) is 0. The first-order valence-electron chi connectivity index (χ1n) is 12.0. The molecule has 1 unspecified atom stereocenters. The van der Waals surface area contributed by atoms with Gasteiger partial charge in [0.25, 0.3) is 0 Å². The second kappa shape index (κ2) is 11.4. The molecule has 1 amide bonds. The summed E-state index contributed by atoms with van der Waals surface area (Å²) in [5, 5.41) is 14.7. The number of anilines is 2. The molecule has 34 heavy (non-hydrogen) atoms. The molecule has 0 spiro atoms. The molecule has 2 heterocycles. The van der Waals surface area contributed by atoms with Crippen molar-refractivity contribution in [1.29, 1.82) is 0 Å². The maximum absolute atomic E-state index is 13.0. The number of rotatable bonds is 6. The van der Waals surface area contributed by atoms with Crippen LogP contribution in [0.2, 0.25) is 15.1 Å². The molecular formula is C26H32Cl3N3O2. The number of nitrogens with one attached hydrogen (secondary N) is 1. The van der Waals surface area contributed by atoms with Crippen molar-refractivity contribution in [1.82, 2.24) is 4.90 Å². The van der Waals surface area contributed by atoms with E-state index in [1.807, 2.05) is 36.1 Å². The molecular weight excluding hydrogens is 493 g/mol. The fourth-order valence-electron chi connectivity index (χ4n) is 4.96. The number of hydrogen-bond acceptors (Lipinski definition) is 4. The Kier molecular flexibility index (Phi) is 8.52. The van der Waals surface area contributed by atoms with Gasteiger partial charge in [0.05, 0.1) is 16.8 Å². The number of benzene rings is 2. The zero-order valence-corrected chi connectivity index (χ0v) is 21.7. The number of halogens is 3. The van der Waals surface area contributed by atoms with Gasteiger partial charge in [-0.25, -0.2) is 0 Å². The topological polar surface area (TPSA) is 55.8 Å². The van der Waals surface area contributed by atoms with Gasteiger partial charge in [-0.05, 0) is 74.4 Å². The summed E-state index contributed by atoms with van der Waals surface area (Å²) in [4.78, 5) is 17.3. The molecule has 0 radical (unpaired) electrons. The van der Waals surface area contributed by atoms with Gasteiger partial charge in [0, 0.05) is 54.4 Å². The number of aliphatic hydroxyl groups excluding tert-OH is 1. The lowest BCUT2D eigenvalue weighted by Gasteiger charge is -2.38. The highest BCUT2D eigenvalue weighted by molar-refractivity contribution is 6.35. The molecule has 2 aliphatic rings. The van der Waals surface area contributed by atoms with Crippen LogP contribution < -0.4 is 10.2 Å². The number of hydrogen-bond donors (Lipinski definition) is 2. The van der Waals surface area contributed by atoms with Crippen LogP contribution in [0, 0.1) is 11.8 Å². The van der Waals surface area contributed by atoms with Gasteiger partial charge in [0.15, 0.2) is 0 Å². The molecule has 2 aliphatic heterocycles. The van der Waals surface area contributed by atoms with Crippen LogP contribution in [0.1, 0.15) is 44.2 Å². The average molecular weight is 525 g/mol. The second-order valence-electron chi connectivity index (χ2n) is 9.41. The van der Waals surface area contributed by atoms with E-state index < -0.39 is 0 Å². The third-order valence-corrected chi connectivity index (χ3v) is 8.04. The lowest BCUT2D eigenvalue weighted by atomic mass is 9.92. The van der Waals surface area contributed by atoms with E-state index >= 15 is 0 Å². The van der Waals surface area contributed by atoms with E-state index in [1.54, 1.807) is 6.07 Å². The zero-order chi connectivity index (χ0) is 24.2. The molecule has 0 aromatic heterocycles. The molecule has 0 aliphatic carbocycles. The Morgan fingerprint density at radius 2 is 1.71 bits per heavy atom. The molecule has 8 heteroatoms. The minimum Gasteiger partial charge on any atom is -0.396 e. The summed E-state index contributed by atoms with van der Waals surface area (Å²) in [6, 6.07) is 11.5. The molecule has 2 aromatic rings. The van der Waals surface area contributed by atoms with Crippen molar-refractivity contribution in [2.45, 2.75) is 38.6 Å². The largest absolute Gasteiger partial charge is 0.396 e. The smallest absolute Gasteiger partial charge is 0.225 e. The SMILES string of the molecule is CC(Nc1cc(N2CCC(C(=O)N3CCC(CO)CC3)CC2)ccc1Cl)c1ccc(Cl)cc1Cl. The Labute approximate surface area is 217 Å². The standard InChI is InChI=1S/C26H32Cl3N3O2/c1-17(22-4-2-20(27)14-24(22)29)30-25-15-21(3-5-23(25)28)31-12-8-19(9-13-31)26(34)32-10-6-18(16-33)7-11-32/h2-5,14-15,17-19,30,33H,6-13,16H2,1H3. The van der Waals surface area contributed by atoms with E-state index in [1.165, 1.54) is 0 Å². The minimum absolute atomic E-state index is 0.0455. The maximum atomic E-state index is 13.0. The van der Waals surface area contributed by atoms with Crippen LogP contribution in [0.25, 0.3) is 0 Å². The number of carbonyl (C=O) groups is 1. The van der Waals surface area contributed by atoms with E-state index in [2.05, 4.69) is 16.3 Å². The van der Waals surface area contributed by atoms with Crippen molar-refractivity contribution in [3.63, 3.8) is 0 Å². The van der Waals surface area contributed by atoms with E-state index in [9.17, 15) is 9.90 Å². The molecule has 2 N–H and O–H groups in total. The quantitative estimate of drug-likeness (QED) is 0.468. The van der Waals surface area contributed by atoms with Crippen LogP contribution >= 0.6 is 34.8 Å². The van der Waals surface area contributed by atoms with Gasteiger partial charge >= 0.3 is 0 Å². The van der Waals surface area contributed by atoms with Crippen molar-refractivity contribution in [3.8, 4) is 0 Å². The van der Waals surface area contributed by atoms with Crippen molar-refractivity contribution in [2.24, 2.45) is 11.8 Å². The molecule has 4 rings (SSSR count). The number of aliphatic hydroxyl groups is 1. The van der Waals surface area contributed by atoms with Crippen molar-refractivity contribution < 1.29 is 9.90 Å². The third-order valence-electron chi connectivity index (χ3n) is 7.14. The summed E-state index contributed by atoms with van der Waals surface area (Å²) in [5.74, 6) is 0.708. The van der Waals surface area contributed by atoms with Crippen molar-refractivity contribution >= 4 is 52.1 Å². The van der Waals surface area contributed by atoms with Gasteiger partial charge in [0.1, 0.15) is 0 Å². The highest BCUT2D eigenvalue weighted by Gasteiger charge is 2.31. The van der Waals surface area contributed by atoms with E-state index in [0.29, 0.717) is 21.0 Å². The highest BCUT2D eigenvalue weighted by atomic mass is 35.5. The lowest BCUT2D eigenvalue weighted by molar-refractivity contribution is -0.137. The first-order valence-corrected chi connectivity index (χ1v) is 13.1. The molecule has 184 valence electrons. The van der Waals surface area contributed by atoms with Crippen LogP contribution in [0.4, 0.5) is 11.4 Å².